The summed E-state index contributed by atoms with van der Waals surface area (Å²) in [5.41, 5.74) is 0.146. The highest BCUT2D eigenvalue weighted by molar-refractivity contribution is 6.65. The van der Waals surface area contributed by atoms with E-state index in [4.69, 9.17) is 8.85 Å². The molecule has 0 aliphatic carbocycles. The largest absolute Gasteiger partial charge is 0.428 e. The zero-order chi connectivity index (χ0) is 11.7. The van der Waals surface area contributed by atoms with Crippen LogP contribution in [0.3, 0.4) is 0 Å². The molecule has 98 valence electrons. The lowest BCUT2D eigenvalue weighted by Crippen LogP contribution is -2.60. The number of nitrogens with zero attached hydrogens (tertiary/aromatic N) is 1. The minimum absolute atomic E-state index is 0. The monoisotopic (exact) mass is 263 g/mol. The average Bonchev–Trinajstić information content (AvgIpc) is 2.47. The average molecular weight is 264 g/mol. The number of hydrogen-bond donors (Lipinski definition) is 0. The normalized spacial score (nSPS) is 27.2. The molecule has 3 nitrogen and oxygen atoms in total. The molecule has 0 aromatic heterocycles. The summed E-state index contributed by atoms with van der Waals surface area (Å²) in [6.45, 7) is 13.0. The first-order valence-electron chi connectivity index (χ1n) is 5.79. The van der Waals surface area contributed by atoms with Crippen molar-refractivity contribution in [2.24, 2.45) is 5.92 Å². The van der Waals surface area contributed by atoms with Crippen molar-refractivity contribution in [2.45, 2.75) is 46.2 Å². The number of rotatable bonds is 3. The summed E-state index contributed by atoms with van der Waals surface area (Å²) < 4.78 is 14.2. The maximum absolute atomic E-state index is 5.98. The third kappa shape index (κ3) is 3.40. The highest BCUT2D eigenvalue weighted by Crippen LogP contribution is 2.33. The summed E-state index contributed by atoms with van der Waals surface area (Å²) in [7, 11) is -0.297. The third-order valence-electron chi connectivity index (χ3n) is 2.85. The molecule has 1 unspecified atom stereocenters. The van der Waals surface area contributed by atoms with Gasteiger partial charge in [-0.2, -0.15) is 0 Å². The molecule has 1 aliphatic rings. The van der Waals surface area contributed by atoms with Gasteiger partial charge in [-0.1, -0.05) is 13.8 Å². The van der Waals surface area contributed by atoms with Crippen LogP contribution in [0, 0.1) is 5.92 Å². The van der Waals surface area contributed by atoms with Gasteiger partial charge in [0.1, 0.15) is 0 Å². The molecule has 0 amide bonds. The van der Waals surface area contributed by atoms with Gasteiger partial charge in [-0.3, -0.25) is 4.57 Å². The second-order valence-electron chi connectivity index (χ2n) is 5.69. The van der Waals surface area contributed by atoms with E-state index < -0.39 is 8.72 Å². The van der Waals surface area contributed by atoms with E-state index >= 15 is 0 Å². The Morgan fingerprint density at radius 3 is 2.31 bits per heavy atom. The maximum atomic E-state index is 5.98. The lowest BCUT2D eigenvalue weighted by Gasteiger charge is -2.41. The molecule has 0 aromatic carbocycles. The second kappa shape index (κ2) is 5.77. The van der Waals surface area contributed by atoms with Gasteiger partial charge >= 0.3 is 8.72 Å². The summed E-state index contributed by atoms with van der Waals surface area (Å²) in [4.78, 5) is 0. The predicted molar refractivity (Wildman–Crippen MR) is 76.2 cm³/mol. The SMILES string of the molecule is CO[Si]1(CC(C)C)OCCN1C(C)(C)C.[SiH4]. The first-order valence-corrected chi connectivity index (χ1v) is 7.76. The van der Waals surface area contributed by atoms with Gasteiger partial charge in [0, 0.05) is 31.8 Å². The van der Waals surface area contributed by atoms with E-state index in [0.29, 0.717) is 5.92 Å². The van der Waals surface area contributed by atoms with Crippen molar-refractivity contribution >= 4 is 19.7 Å². The van der Waals surface area contributed by atoms with Crippen LogP contribution >= 0.6 is 0 Å². The van der Waals surface area contributed by atoms with Gasteiger partial charge in [-0.25, -0.2) is 0 Å². The van der Waals surface area contributed by atoms with Gasteiger partial charge < -0.3 is 8.85 Å². The van der Waals surface area contributed by atoms with E-state index in [1.54, 1.807) is 7.11 Å². The zero-order valence-electron chi connectivity index (χ0n) is 11.0. The zero-order valence-corrected chi connectivity index (χ0v) is 12.0. The molecule has 1 fully saturated rings. The standard InChI is InChI=1S/C11H25NO2Si.H4Si/c1-10(2)9-15(13-6)12(7-8-14-15)11(3,4)5;/h10H,7-9H2,1-6H3;1H4. The van der Waals surface area contributed by atoms with Gasteiger partial charge in [0.15, 0.2) is 0 Å². The molecule has 0 spiro atoms. The van der Waals surface area contributed by atoms with E-state index in [-0.39, 0.29) is 16.5 Å². The lowest BCUT2D eigenvalue weighted by atomic mass is 10.1. The Balaban J connectivity index is 0.00000225. The Morgan fingerprint density at radius 1 is 1.38 bits per heavy atom. The molecule has 1 saturated heterocycles. The molecule has 0 aromatic rings. The van der Waals surface area contributed by atoms with Crippen LogP contribution in [-0.2, 0) is 8.85 Å². The van der Waals surface area contributed by atoms with Crippen molar-refractivity contribution in [1.29, 1.82) is 0 Å². The smallest absolute Gasteiger partial charge is 0.386 e. The molecule has 1 heterocycles. The molecule has 1 aliphatic heterocycles. The highest BCUT2D eigenvalue weighted by Gasteiger charge is 2.52. The molecule has 1 atom stereocenters. The molecular formula is C11H29NO2Si2. The third-order valence-corrected chi connectivity index (χ3v) is 7.19. The van der Waals surface area contributed by atoms with Crippen LogP contribution in [-0.4, -0.2) is 50.1 Å². The number of hydrogen-bond acceptors (Lipinski definition) is 3. The van der Waals surface area contributed by atoms with Crippen molar-refractivity contribution in [3.8, 4) is 0 Å². The molecule has 5 heteroatoms. The molecule has 0 saturated carbocycles. The van der Waals surface area contributed by atoms with Crippen molar-refractivity contribution in [3.05, 3.63) is 0 Å². The van der Waals surface area contributed by atoms with Crippen LogP contribution in [0.2, 0.25) is 6.04 Å². The van der Waals surface area contributed by atoms with E-state index in [0.717, 1.165) is 19.2 Å². The van der Waals surface area contributed by atoms with Crippen LogP contribution in [0.25, 0.3) is 0 Å². The summed E-state index contributed by atoms with van der Waals surface area (Å²) in [5, 5.41) is 0. The van der Waals surface area contributed by atoms with Crippen molar-refractivity contribution in [3.63, 3.8) is 0 Å². The van der Waals surface area contributed by atoms with Gasteiger partial charge in [0.05, 0.1) is 0 Å². The van der Waals surface area contributed by atoms with Gasteiger partial charge in [-0.05, 0) is 37.7 Å². The summed E-state index contributed by atoms with van der Waals surface area (Å²) in [6, 6.07) is 1.06. The summed E-state index contributed by atoms with van der Waals surface area (Å²) in [5.74, 6) is 0.625. The van der Waals surface area contributed by atoms with E-state index in [9.17, 15) is 0 Å². The Labute approximate surface area is 106 Å². The first-order chi connectivity index (χ1) is 6.82. The van der Waals surface area contributed by atoms with Crippen molar-refractivity contribution in [1.82, 2.24) is 4.57 Å². The fourth-order valence-corrected chi connectivity index (χ4v) is 6.22. The van der Waals surface area contributed by atoms with Crippen LogP contribution in [0.1, 0.15) is 34.6 Å². The fourth-order valence-electron chi connectivity index (χ4n) is 2.33. The van der Waals surface area contributed by atoms with Crippen LogP contribution < -0.4 is 0 Å². The van der Waals surface area contributed by atoms with Crippen LogP contribution in [0.15, 0.2) is 0 Å². The maximum Gasteiger partial charge on any atom is 0.428 e. The van der Waals surface area contributed by atoms with E-state index in [1.165, 1.54) is 0 Å². The molecule has 16 heavy (non-hydrogen) atoms. The van der Waals surface area contributed by atoms with E-state index in [2.05, 4.69) is 39.2 Å². The van der Waals surface area contributed by atoms with Crippen LogP contribution in [0.5, 0.6) is 0 Å². The highest BCUT2D eigenvalue weighted by atomic mass is 28.4. The Morgan fingerprint density at radius 2 is 1.94 bits per heavy atom. The molecule has 0 bridgehead atoms. The molecule has 1 rings (SSSR count). The summed E-state index contributed by atoms with van der Waals surface area (Å²) >= 11 is 0. The van der Waals surface area contributed by atoms with Gasteiger partial charge in [0.2, 0.25) is 0 Å². The van der Waals surface area contributed by atoms with Crippen molar-refractivity contribution in [2.75, 3.05) is 20.3 Å². The predicted octanol–water partition coefficient (Wildman–Crippen LogP) is 0.907. The molecular weight excluding hydrogens is 234 g/mol. The Bertz CT molecular complexity index is 219. The minimum atomic E-state index is -2.10. The van der Waals surface area contributed by atoms with Crippen molar-refractivity contribution < 1.29 is 8.85 Å². The Kier molecular flexibility index (Phi) is 5.89. The molecule has 0 N–H and O–H groups in total. The fraction of sp³-hybridized carbons (Fsp3) is 1.00. The quantitative estimate of drug-likeness (QED) is 0.707. The lowest BCUT2D eigenvalue weighted by molar-refractivity contribution is 0.165. The van der Waals surface area contributed by atoms with Crippen LogP contribution in [0.4, 0.5) is 0 Å². The first kappa shape index (κ1) is 16.3. The topological polar surface area (TPSA) is 21.7 Å². The van der Waals surface area contributed by atoms with E-state index in [1.807, 2.05) is 0 Å². The second-order valence-corrected chi connectivity index (χ2v) is 8.76. The molecule has 0 radical (unpaired) electrons. The Hall–Kier alpha value is 0.314. The minimum Gasteiger partial charge on any atom is -0.386 e. The summed E-state index contributed by atoms with van der Waals surface area (Å²) in [6.07, 6.45) is 0. The van der Waals surface area contributed by atoms with Gasteiger partial charge in [0.25, 0.3) is 0 Å². The van der Waals surface area contributed by atoms with Gasteiger partial charge in [-0.15, -0.1) is 0 Å².